The summed E-state index contributed by atoms with van der Waals surface area (Å²) < 4.78 is 6.37. The molecule has 166 valence electrons. The van der Waals surface area contributed by atoms with Gasteiger partial charge in [0, 0.05) is 25.1 Å². The smallest absolute Gasteiger partial charge is 0.246 e. The van der Waals surface area contributed by atoms with Gasteiger partial charge in [0.1, 0.15) is 17.6 Å². The Labute approximate surface area is 187 Å². The first-order chi connectivity index (χ1) is 15.6. The summed E-state index contributed by atoms with van der Waals surface area (Å²) >= 11 is 0. The molecule has 2 aliphatic heterocycles. The summed E-state index contributed by atoms with van der Waals surface area (Å²) in [5, 5.41) is 17.7. The summed E-state index contributed by atoms with van der Waals surface area (Å²) in [6.45, 7) is 2.36. The van der Waals surface area contributed by atoms with Crippen LogP contribution in [-0.2, 0) is 4.79 Å². The molecule has 0 aliphatic carbocycles. The highest BCUT2D eigenvalue weighted by Crippen LogP contribution is 2.33. The Kier molecular flexibility index (Phi) is 5.57. The summed E-state index contributed by atoms with van der Waals surface area (Å²) in [4.78, 5) is 16.8. The van der Waals surface area contributed by atoms with E-state index >= 15 is 0 Å². The van der Waals surface area contributed by atoms with Crippen LogP contribution in [0.2, 0.25) is 0 Å². The lowest BCUT2D eigenvalue weighted by molar-refractivity contribution is -0.125. The molecule has 2 aromatic carbocycles. The van der Waals surface area contributed by atoms with Crippen molar-refractivity contribution in [2.75, 3.05) is 26.7 Å². The molecule has 2 N–H and O–H groups in total. The number of benzene rings is 2. The van der Waals surface area contributed by atoms with Crippen molar-refractivity contribution < 1.29 is 14.6 Å². The normalized spacial score (nSPS) is 21.7. The summed E-state index contributed by atoms with van der Waals surface area (Å²) in [6, 6.07) is 11.5. The summed E-state index contributed by atoms with van der Waals surface area (Å²) in [5.74, 6) is 1.04. The highest BCUT2D eigenvalue weighted by Gasteiger charge is 2.28. The van der Waals surface area contributed by atoms with Crippen molar-refractivity contribution in [1.29, 1.82) is 0 Å². The Morgan fingerprint density at radius 3 is 2.81 bits per heavy atom. The number of likely N-dealkylation sites (tertiary alicyclic amines) is 2. The van der Waals surface area contributed by atoms with E-state index in [1.54, 1.807) is 24.4 Å². The maximum Gasteiger partial charge on any atom is 0.246 e. The van der Waals surface area contributed by atoms with E-state index in [2.05, 4.69) is 22.1 Å². The molecule has 2 aliphatic rings. The van der Waals surface area contributed by atoms with Crippen LogP contribution >= 0.6 is 0 Å². The Morgan fingerprint density at radius 1 is 1.19 bits per heavy atom. The molecule has 3 heterocycles. The van der Waals surface area contributed by atoms with Crippen LogP contribution in [0.3, 0.4) is 0 Å². The van der Waals surface area contributed by atoms with E-state index in [1.165, 1.54) is 6.42 Å². The minimum Gasteiger partial charge on any atom is -0.508 e. The van der Waals surface area contributed by atoms with Gasteiger partial charge in [-0.1, -0.05) is 18.2 Å². The van der Waals surface area contributed by atoms with Gasteiger partial charge < -0.3 is 14.7 Å². The van der Waals surface area contributed by atoms with Crippen molar-refractivity contribution in [2.45, 2.75) is 31.4 Å². The number of hydrogen-bond donors (Lipinski definition) is 2. The van der Waals surface area contributed by atoms with Crippen molar-refractivity contribution in [1.82, 2.24) is 20.0 Å². The average molecular weight is 433 g/mol. The summed E-state index contributed by atoms with van der Waals surface area (Å²) in [6.07, 6.45) is 8.58. The number of amides is 1. The molecule has 7 heteroatoms. The molecule has 1 aromatic heterocycles. The molecule has 5 rings (SSSR count). The molecular formula is C25H28N4O3. The monoisotopic (exact) mass is 432 g/mol. The van der Waals surface area contributed by atoms with Crippen molar-refractivity contribution in [3.63, 3.8) is 0 Å². The van der Waals surface area contributed by atoms with E-state index in [1.807, 2.05) is 35.2 Å². The van der Waals surface area contributed by atoms with E-state index in [-0.39, 0.29) is 17.8 Å². The van der Waals surface area contributed by atoms with Crippen molar-refractivity contribution >= 4 is 16.8 Å². The van der Waals surface area contributed by atoms with Crippen LogP contribution in [0.25, 0.3) is 22.0 Å². The number of ether oxygens (including phenoxy) is 1. The zero-order valence-corrected chi connectivity index (χ0v) is 18.2. The minimum atomic E-state index is -0.0605. The van der Waals surface area contributed by atoms with Crippen molar-refractivity contribution in [2.24, 2.45) is 0 Å². The third kappa shape index (κ3) is 4.21. The van der Waals surface area contributed by atoms with Crippen LogP contribution in [0, 0.1) is 0 Å². The SMILES string of the molecule is CN1CCCC1/C=C/C(=O)N1CCC(Oc2cc(-c3ccc(O)cc3)cc3[nH]ncc23)C1. The number of carbonyl (C=O) groups is 1. The van der Waals surface area contributed by atoms with E-state index < -0.39 is 0 Å². The maximum absolute atomic E-state index is 12.7. The lowest BCUT2D eigenvalue weighted by Gasteiger charge is -2.18. The fourth-order valence-corrected chi connectivity index (χ4v) is 4.62. The number of aromatic amines is 1. The van der Waals surface area contributed by atoms with Crippen molar-refractivity contribution in [3.05, 3.63) is 54.7 Å². The number of nitrogens with one attached hydrogen (secondary N) is 1. The van der Waals surface area contributed by atoms with Gasteiger partial charge in [0.05, 0.1) is 23.6 Å². The Hall–Kier alpha value is -3.32. The molecule has 1 amide bonds. The number of phenols is 1. The van der Waals surface area contributed by atoms with Gasteiger partial charge >= 0.3 is 0 Å². The van der Waals surface area contributed by atoms with Gasteiger partial charge in [-0.15, -0.1) is 0 Å². The van der Waals surface area contributed by atoms with Crippen LogP contribution in [0.1, 0.15) is 19.3 Å². The van der Waals surface area contributed by atoms with Crippen molar-refractivity contribution in [3.8, 4) is 22.6 Å². The van der Waals surface area contributed by atoms with E-state index in [0.717, 1.165) is 47.2 Å². The number of carbonyl (C=O) groups excluding carboxylic acids is 1. The van der Waals surface area contributed by atoms with Gasteiger partial charge in [0.15, 0.2) is 0 Å². The maximum atomic E-state index is 12.7. The fraction of sp³-hybridized carbons (Fsp3) is 0.360. The van der Waals surface area contributed by atoms with Crippen LogP contribution in [0.5, 0.6) is 11.5 Å². The van der Waals surface area contributed by atoms with Gasteiger partial charge in [-0.25, -0.2) is 0 Å². The number of phenolic OH excluding ortho intramolecular Hbond substituents is 1. The molecule has 0 radical (unpaired) electrons. The second kappa shape index (κ2) is 8.67. The molecule has 7 nitrogen and oxygen atoms in total. The lowest BCUT2D eigenvalue weighted by Crippen LogP contribution is -2.30. The molecule has 2 saturated heterocycles. The molecule has 0 saturated carbocycles. The van der Waals surface area contributed by atoms with E-state index in [4.69, 9.17) is 4.74 Å². The van der Waals surface area contributed by atoms with E-state index in [9.17, 15) is 9.90 Å². The minimum absolute atomic E-state index is 0.0581. The first-order valence-corrected chi connectivity index (χ1v) is 11.2. The fourth-order valence-electron chi connectivity index (χ4n) is 4.62. The van der Waals surface area contributed by atoms with Gasteiger partial charge in [0.25, 0.3) is 0 Å². The summed E-state index contributed by atoms with van der Waals surface area (Å²) in [5.41, 5.74) is 2.85. The number of aromatic nitrogens is 2. The topological polar surface area (TPSA) is 81.7 Å². The first kappa shape index (κ1) is 20.6. The standard InChI is InChI=1S/C25H28N4O3/c1-28-11-2-3-19(28)6-9-25(31)29-12-10-21(16-29)32-24-14-18(13-23-22(24)15-26-27-23)17-4-7-20(30)8-5-17/h4-9,13-15,19,21,30H,2-3,10-12,16H2,1H3,(H,26,27)/b9-6+. The van der Waals surface area contributed by atoms with Gasteiger partial charge in [-0.3, -0.25) is 14.8 Å². The predicted octanol–water partition coefficient (Wildman–Crippen LogP) is 3.57. The number of aromatic hydroxyl groups is 1. The number of hydrogen-bond acceptors (Lipinski definition) is 5. The Morgan fingerprint density at radius 2 is 2.03 bits per heavy atom. The highest BCUT2D eigenvalue weighted by atomic mass is 16.5. The average Bonchev–Trinajstić information content (AvgIpc) is 3.54. The molecular weight excluding hydrogens is 404 g/mol. The van der Waals surface area contributed by atoms with Crippen LogP contribution < -0.4 is 4.74 Å². The molecule has 0 bridgehead atoms. The molecule has 32 heavy (non-hydrogen) atoms. The quantitative estimate of drug-likeness (QED) is 0.603. The van der Waals surface area contributed by atoms with Gasteiger partial charge in [0.2, 0.25) is 5.91 Å². The van der Waals surface area contributed by atoms with Crippen LogP contribution in [-0.4, -0.2) is 69.8 Å². The van der Waals surface area contributed by atoms with Crippen LogP contribution in [0.15, 0.2) is 54.7 Å². The van der Waals surface area contributed by atoms with Crippen LogP contribution in [0.4, 0.5) is 0 Å². The number of nitrogens with zero attached hydrogens (tertiary/aromatic N) is 3. The molecule has 0 spiro atoms. The third-order valence-corrected chi connectivity index (χ3v) is 6.51. The molecule has 2 unspecified atom stereocenters. The van der Waals surface area contributed by atoms with Gasteiger partial charge in [-0.2, -0.15) is 5.10 Å². The number of rotatable bonds is 5. The second-order valence-corrected chi connectivity index (χ2v) is 8.71. The Bertz CT molecular complexity index is 1140. The number of fused-ring (bicyclic) bond motifs is 1. The number of likely N-dealkylation sites (N-methyl/N-ethyl adjacent to an activating group) is 1. The summed E-state index contributed by atoms with van der Waals surface area (Å²) in [7, 11) is 2.11. The molecule has 2 atom stereocenters. The van der Waals surface area contributed by atoms with E-state index in [0.29, 0.717) is 19.1 Å². The lowest BCUT2D eigenvalue weighted by atomic mass is 10.0. The predicted molar refractivity (Wildman–Crippen MR) is 124 cm³/mol. The molecule has 2 fully saturated rings. The Balaban J connectivity index is 1.29. The third-order valence-electron chi connectivity index (χ3n) is 6.51. The first-order valence-electron chi connectivity index (χ1n) is 11.2. The zero-order chi connectivity index (χ0) is 22.1. The molecule has 3 aromatic rings. The number of H-pyrrole nitrogens is 1. The zero-order valence-electron chi connectivity index (χ0n) is 18.2. The largest absolute Gasteiger partial charge is 0.508 e. The highest BCUT2D eigenvalue weighted by molar-refractivity contribution is 5.90. The van der Waals surface area contributed by atoms with Gasteiger partial charge in [-0.05, 0) is 61.8 Å². The second-order valence-electron chi connectivity index (χ2n) is 8.71.